The summed E-state index contributed by atoms with van der Waals surface area (Å²) in [5.74, 6) is -0.147. The predicted octanol–water partition coefficient (Wildman–Crippen LogP) is 1.34. The van der Waals surface area contributed by atoms with Crippen molar-refractivity contribution in [2.45, 2.75) is 18.2 Å². The largest absolute Gasteiger partial charge is 0.460 e. The van der Waals surface area contributed by atoms with Crippen LogP contribution < -0.4 is 4.74 Å². The number of ether oxygens (including phenoxy) is 1. The number of benzene rings is 1. The van der Waals surface area contributed by atoms with Crippen LogP contribution in [-0.2, 0) is 10.0 Å². The molecule has 1 aromatic rings. The number of nitrogens with one attached hydrogen (secondary N) is 1. The van der Waals surface area contributed by atoms with Crippen molar-refractivity contribution in [2.75, 3.05) is 7.05 Å². The van der Waals surface area contributed by atoms with Crippen LogP contribution >= 0.6 is 0 Å². The number of hydrogen-bond acceptors (Lipinski definition) is 4. The summed E-state index contributed by atoms with van der Waals surface area (Å²) in [7, 11) is -2.41. The Morgan fingerprint density at radius 3 is 2.71 bits per heavy atom. The summed E-state index contributed by atoms with van der Waals surface area (Å²) < 4.78 is 42.3. The van der Waals surface area contributed by atoms with Gasteiger partial charge in [0.05, 0.1) is 5.56 Å². The van der Waals surface area contributed by atoms with E-state index in [2.05, 4.69) is 0 Å². The summed E-state index contributed by atoms with van der Waals surface area (Å²) >= 11 is 0. The Hall–Kier alpha value is -1.63. The molecule has 5 nitrogen and oxygen atoms in total. The molecule has 0 radical (unpaired) electrons. The molecule has 2 rings (SSSR count). The first-order chi connectivity index (χ1) is 7.85. The lowest BCUT2D eigenvalue weighted by Crippen LogP contribution is -2.25. The number of fused-ring (bicyclic) bond motifs is 1. The first kappa shape index (κ1) is 11.8. The van der Waals surface area contributed by atoms with Gasteiger partial charge in [-0.15, -0.1) is 0 Å². The average Bonchev–Trinajstić information content (AvgIpc) is 2.41. The Labute approximate surface area is 98.4 Å². The quantitative estimate of drug-likeness (QED) is 0.870. The van der Waals surface area contributed by atoms with Gasteiger partial charge in [0.1, 0.15) is 16.5 Å². The summed E-state index contributed by atoms with van der Waals surface area (Å²) in [5, 5.41) is 7.72. The predicted molar refractivity (Wildman–Crippen MR) is 59.4 cm³/mol. The highest BCUT2D eigenvalue weighted by Gasteiger charge is 2.38. The van der Waals surface area contributed by atoms with E-state index >= 15 is 0 Å². The van der Waals surface area contributed by atoms with E-state index in [9.17, 15) is 12.8 Å². The lowest BCUT2D eigenvalue weighted by atomic mass is 10.2. The molecule has 0 spiro atoms. The van der Waals surface area contributed by atoms with Crippen molar-refractivity contribution in [2.24, 2.45) is 0 Å². The smallest absolute Gasteiger partial charge is 0.266 e. The van der Waals surface area contributed by atoms with Gasteiger partial charge in [-0.25, -0.2) is 12.8 Å². The van der Waals surface area contributed by atoms with Crippen molar-refractivity contribution in [1.29, 1.82) is 5.41 Å². The SMILES string of the molecule is CC(F)Oc1cccc2c1C(=N)N(C)S2(=O)=O. The van der Waals surface area contributed by atoms with E-state index in [1.807, 2.05) is 0 Å². The summed E-state index contributed by atoms with van der Waals surface area (Å²) in [6.45, 7) is 1.19. The van der Waals surface area contributed by atoms with E-state index in [0.29, 0.717) is 0 Å². The first-order valence-corrected chi connectivity index (χ1v) is 6.31. The van der Waals surface area contributed by atoms with Crippen LogP contribution in [0.1, 0.15) is 12.5 Å². The third kappa shape index (κ3) is 1.66. The van der Waals surface area contributed by atoms with Gasteiger partial charge >= 0.3 is 0 Å². The first-order valence-electron chi connectivity index (χ1n) is 4.87. The summed E-state index contributed by atoms with van der Waals surface area (Å²) in [5.41, 5.74) is 0.111. The molecular weight excluding hydrogens is 247 g/mol. The van der Waals surface area contributed by atoms with Crippen molar-refractivity contribution in [3.63, 3.8) is 0 Å². The molecule has 1 aliphatic rings. The number of alkyl halides is 1. The molecule has 0 aliphatic carbocycles. The van der Waals surface area contributed by atoms with E-state index in [1.165, 1.54) is 32.2 Å². The zero-order valence-corrected chi connectivity index (χ0v) is 10.1. The van der Waals surface area contributed by atoms with Gasteiger partial charge in [0.2, 0.25) is 6.36 Å². The number of halogens is 1. The Bertz CT molecular complexity index is 583. The van der Waals surface area contributed by atoms with Crippen LogP contribution in [-0.4, -0.2) is 32.0 Å². The van der Waals surface area contributed by atoms with Crippen LogP contribution in [0.2, 0.25) is 0 Å². The second-order valence-corrected chi connectivity index (χ2v) is 5.55. The molecule has 92 valence electrons. The molecule has 1 aliphatic heterocycles. The average molecular weight is 258 g/mol. The maximum atomic E-state index is 12.8. The molecule has 0 bridgehead atoms. The van der Waals surface area contributed by atoms with Gasteiger partial charge in [-0.3, -0.25) is 9.71 Å². The molecule has 1 N–H and O–H groups in total. The normalized spacial score (nSPS) is 19.0. The molecule has 0 saturated carbocycles. The molecular formula is C10H11FN2O3S. The van der Waals surface area contributed by atoms with Gasteiger partial charge in [-0.2, -0.15) is 0 Å². The standard InChI is InChI=1S/C10H11FN2O3S/c1-6(11)16-7-4-3-5-8-9(7)10(12)13(2)17(8,14)15/h3-6,12H,1-2H3. The minimum Gasteiger partial charge on any atom is -0.460 e. The zero-order chi connectivity index (χ0) is 12.8. The van der Waals surface area contributed by atoms with E-state index in [0.717, 1.165) is 4.31 Å². The molecule has 7 heteroatoms. The molecule has 0 aromatic heterocycles. The van der Waals surface area contributed by atoms with Gasteiger partial charge in [-0.1, -0.05) is 6.07 Å². The molecule has 1 heterocycles. The molecule has 17 heavy (non-hydrogen) atoms. The van der Waals surface area contributed by atoms with Crippen molar-refractivity contribution in [3.05, 3.63) is 23.8 Å². The summed E-state index contributed by atoms with van der Waals surface area (Å²) in [6, 6.07) is 4.27. The van der Waals surface area contributed by atoms with Crippen molar-refractivity contribution in [3.8, 4) is 5.75 Å². The van der Waals surface area contributed by atoms with E-state index in [-0.39, 0.29) is 22.0 Å². The fraction of sp³-hybridized carbons (Fsp3) is 0.300. The molecule has 1 unspecified atom stereocenters. The summed E-state index contributed by atoms with van der Waals surface area (Å²) in [6.07, 6.45) is -1.57. The van der Waals surface area contributed by atoms with Gasteiger partial charge in [0.15, 0.2) is 0 Å². The second-order valence-electron chi connectivity index (χ2n) is 3.61. The van der Waals surface area contributed by atoms with Crippen molar-refractivity contribution < 1.29 is 17.5 Å². The van der Waals surface area contributed by atoms with Crippen LogP contribution in [0.3, 0.4) is 0 Å². The Morgan fingerprint density at radius 2 is 2.12 bits per heavy atom. The fourth-order valence-corrected chi connectivity index (χ4v) is 2.99. The topological polar surface area (TPSA) is 70.5 Å². The molecule has 0 amide bonds. The van der Waals surface area contributed by atoms with Crippen LogP contribution in [0.15, 0.2) is 23.1 Å². The summed E-state index contributed by atoms with van der Waals surface area (Å²) in [4.78, 5) is -0.0249. The molecule has 1 aromatic carbocycles. The van der Waals surface area contributed by atoms with Crippen LogP contribution in [0.25, 0.3) is 0 Å². The Balaban J connectivity index is 2.66. The van der Waals surface area contributed by atoms with Crippen LogP contribution in [0.5, 0.6) is 5.75 Å². The van der Waals surface area contributed by atoms with Gasteiger partial charge < -0.3 is 4.74 Å². The number of amidine groups is 1. The minimum atomic E-state index is -3.69. The van der Waals surface area contributed by atoms with Crippen molar-refractivity contribution >= 4 is 15.9 Å². The molecule has 0 saturated heterocycles. The number of sulfonamides is 1. The minimum absolute atomic E-state index is 0.0249. The third-order valence-corrected chi connectivity index (χ3v) is 4.27. The number of nitrogens with zero attached hydrogens (tertiary/aromatic N) is 1. The van der Waals surface area contributed by atoms with Crippen molar-refractivity contribution in [1.82, 2.24) is 4.31 Å². The van der Waals surface area contributed by atoms with Crippen LogP contribution in [0.4, 0.5) is 4.39 Å². The van der Waals surface area contributed by atoms with Gasteiger partial charge in [-0.05, 0) is 12.1 Å². The maximum absolute atomic E-state index is 12.8. The van der Waals surface area contributed by atoms with Gasteiger partial charge in [0, 0.05) is 14.0 Å². The number of rotatable bonds is 2. The highest BCUT2D eigenvalue weighted by molar-refractivity contribution is 7.90. The van der Waals surface area contributed by atoms with Crippen LogP contribution in [0, 0.1) is 5.41 Å². The monoisotopic (exact) mass is 258 g/mol. The molecule has 1 atom stereocenters. The maximum Gasteiger partial charge on any atom is 0.266 e. The van der Waals surface area contributed by atoms with E-state index in [1.54, 1.807) is 0 Å². The lowest BCUT2D eigenvalue weighted by Gasteiger charge is -2.10. The Kier molecular flexibility index (Phi) is 2.57. The zero-order valence-electron chi connectivity index (χ0n) is 9.27. The van der Waals surface area contributed by atoms with E-state index in [4.69, 9.17) is 10.1 Å². The van der Waals surface area contributed by atoms with E-state index < -0.39 is 16.4 Å². The Morgan fingerprint density at radius 1 is 1.47 bits per heavy atom. The third-order valence-electron chi connectivity index (χ3n) is 2.47. The fourth-order valence-electron chi connectivity index (χ4n) is 1.66. The lowest BCUT2D eigenvalue weighted by molar-refractivity contribution is 0.0855. The van der Waals surface area contributed by atoms with Gasteiger partial charge in [0.25, 0.3) is 10.0 Å². The second kappa shape index (κ2) is 3.69. The molecule has 0 fully saturated rings. The number of hydrogen-bond donors (Lipinski definition) is 1. The highest BCUT2D eigenvalue weighted by Crippen LogP contribution is 2.35. The highest BCUT2D eigenvalue weighted by atomic mass is 32.2.